The van der Waals surface area contributed by atoms with Gasteiger partial charge in [0.1, 0.15) is 11.4 Å². The van der Waals surface area contributed by atoms with Gasteiger partial charge in [0.2, 0.25) is 0 Å². The summed E-state index contributed by atoms with van der Waals surface area (Å²) in [7, 11) is -3.03. The lowest BCUT2D eigenvalue weighted by Gasteiger charge is -2.15. The first kappa shape index (κ1) is 21.4. The summed E-state index contributed by atoms with van der Waals surface area (Å²) in [5.74, 6) is 0.878. The quantitative estimate of drug-likeness (QED) is 0.745. The fraction of sp³-hybridized carbons (Fsp3) is 0.524. The summed E-state index contributed by atoms with van der Waals surface area (Å²) in [6.07, 6.45) is 0.616. The fourth-order valence-corrected chi connectivity index (χ4v) is 5.18. The lowest BCUT2D eigenvalue weighted by atomic mass is 10.1. The van der Waals surface area contributed by atoms with Crippen molar-refractivity contribution >= 4 is 15.7 Å². The molecule has 8 heteroatoms. The van der Waals surface area contributed by atoms with Gasteiger partial charge in [-0.15, -0.1) is 0 Å². The Balaban J connectivity index is 1.72. The lowest BCUT2D eigenvalue weighted by molar-refractivity contribution is 0.0944. The molecular formula is C21H29N3O4S. The second-order valence-corrected chi connectivity index (χ2v) is 10.3. The van der Waals surface area contributed by atoms with Gasteiger partial charge in [-0.2, -0.15) is 5.10 Å². The van der Waals surface area contributed by atoms with Crippen molar-refractivity contribution in [3.63, 3.8) is 0 Å². The maximum atomic E-state index is 12.7. The predicted molar refractivity (Wildman–Crippen MR) is 112 cm³/mol. The summed E-state index contributed by atoms with van der Waals surface area (Å²) in [6, 6.07) is 9.17. The smallest absolute Gasteiger partial charge is 0.272 e. The molecule has 2 aromatic rings. The Morgan fingerprint density at radius 1 is 1.28 bits per heavy atom. The zero-order valence-electron chi connectivity index (χ0n) is 17.4. The van der Waals surface area contributed by atoms with Gasteiger partial charge >= 0.3 is 0 Å². The van der Waals surface area contributed by atoms with E-state index in [4.69, 9.17) is 4.74 Å². The van der Waals surface area contributed by atoms with Crippen LogP contribution >= 0.6 is 0 Å². The SMILES string of the molecule is CC(C)Oc1cccc(CNC(=O)c2cc(C(C)C)n([C@H]3CCS(=O)(=O)C3)n2)c1. The van der Waals surface area contributed by atoms with E-state index in [2.05, 4.69) is 10.4 Å². The Kier molecular flexibility index (Phi) is 6.31. The van der Waals surface area contributed by atoms with E-state index >= 15 is 0 Å². The minimum atomic E-state index is -3.03. The van der Waals surface area contributed by atoms with Crippen LogP contribution in [0.3, 0.4) is 0 Å². The first-order valence-corrected chi connectivity index (χ1v) is 11.8. The molecule has 3 rings (SSSR count). The highest BCUT2D eigenvalue weighted by molar-refractivity contribution is 7.91. The Morgan fingerprint density at radius 2 is 2.03 bits per heavy atom. The summed E-state index contributed by atoms with van der Waals surface area (Å²) in [5, 5.41) is 7.36. The molecule has 1 amide bonds. The van der Waals surface area contributed by atoms with Gasteiger partial charge in [0.15, 0.2) is 9.84 Å². The van der Waals surface area contributed by atoms with Crippen molar-refractivity contribution in [1.82, 2.24) is 15.1 Å². The van der Waals surface area contributed by atoms with Gasteiger partial charge in [0, 0.05) is 12.2 Å². The molecule has 0 bridgehead atoms. The average Bonchev–Trinajstić information content (AvgIpc) is 3.23. The first-order valence-electron chi connectivity index (χ1n) is 9.98. The molecule has 0 aliphatic carbocycles. The molecule has 7 nitrogen and oxygen atoms in total. The zero-order valence-corrected chi connectivity index (χ0v) is 18.2. The van der Waals surface area contributed by atoms with Crippen LogP contribution in [0.2, 0.25) is 0 Å². The third kappa shape index (κ3) is 5.38. The number of nitrogens with zero attached hydrogens (tertiary/aromatic N) is 2. The van der Waals surface area contributed by atoms with E-state index in [-0.39, 0.29) is 35.5 Å². The second-order valence-electron chi connectivity index (χ2n) is 8.11. The molecule has 2 heterocycles. The van der Waals surface area contributed by atoms with Crippen molar-refractivity contribution in [1.29, 1.82) is 0 Å². The molecule has 1 aliphatic heterocycles. The van der Waals surface area contributed by atoms with E-state index in [0.29, 0.717) is 18.7 Å². The lowest BCUT2D eigenvalue weighted by Crippen LogP contribution is -2.24. The molecular weight excluding hydrogens is 390 g/mol. The largest absolute Gasteiger partial charge is 0.491 e. The van der Waals surface area contributed by atoms with Crippen LogP contribution in [0.1, 0.15) is 67.8 Å². The molecule has 0 saturated carbocycles. The molecule has 1 aliphatic rings. The van der Waals surface area contributed by atoms with E-state index in [0.717, 1.165) is 17.0 Å². The normalized spacial score (nSPS) is 18.3. The highest BCUT2D eigenvalue weighted by Crippen LogP contribution is 2.28. The maximum Gasteiger partial charge on any atom is 0.272 e. The van der Waals surface area contributed by atoms with Crippen LogP contribution < -0.4 is 10.1 Å². The van der Waals surface area contributed by atoms with E-state index < -0.39 is 9.84 Å². The van der Waals surface area contributed by atoms with Crippen LogP contribution in [0.4, 0.5) is 0 Å². The standard InChI is InChI=1S/C21H29N3O4S/c1-14(2)20-11-19(23-24(20)17-8-9-29(26,27)13-17)21(25)22-12-16-6-5-7-18(10-16)28-15(3)4/h5-7,10-11,14-15,17H,8-9,12-13H2,1-4H3,(H,22,25)/t17-/m0/s1. The van der Waals surface area contributed by atoms with Gasteiger partial charge in [-0.05, 0) is 49.9 Å². The van der Waals surface area contributed by atoms with E-state index in [1.165, 1.54) is 0 Å². The first-order chi connectivity index (χ1) is 13.6. The molecule has 0 radical (unpaired) electrons. The van der Waals surface area contributed by atoms with Gasteiger partial charge in [-0.1, -0.05) is 26.0 Å². The molecule has 1 aromatic heterocycles. The third-order valence-electron chi connectivity index (χ3n) is 4.87. The van der Waals surface area contributed by atoms with Crippen molar-refractivity contribution in [2.45, 2.75) is 58.7 Å². The number of nitrogens with one attached hydrogen (secondary N) is 1. The number of amides is 1. The van der Waals surface area contributed by atoms with Crippen molar-refractivity contribution in [2.24, 2.45) is 0 Å². The number of ether oxygens (including phenoxy) is 1. The van der Waals surface area contributed by atoms with Crippen molar-refractivity contribution in [3.05, 3.63) is 47.3 Å². The van der Waals surface area contributed by atoms with Crippen LogP contribution in [0.15, 0.2) is 30.3 Å². The highest BCUT2D eigenvalue weighted by atomic mass is 32.2. The fourth-order valence-electron chi connectivity index (χ4n) is 3.49. The second kappa shape index (κ2) is 8.57. The number of carbonyl (C=O) groups is 1. The van der Waals surface area contributed by atoms with Gasteiger partial charge in [-0.3, -0.25) is 9.48 Å². The third-order valence-corrected chi connectivity index (χ3v) is 6.62. The van der Waals surface area contributed by atoms with Gasteiger partial charge in [-0.25, -0.2) is 8.42 Å². The van der Waals surface area contributed by atoms with Gasteiger partial charge < -0.3 is 10.1 Å². The summed E-state index contributed by atoms with van der Waals surface area (Å²) in [4.78, 5) is 12.7. The van der Waals surface area contributed by atoms with E-state index in [1.807, 2.05) is 52.0 Å². The molecule has 0 unspecified atom stereocenters. The van der Waals surface area contributed by atoms with Gasteiger partial charge in [0.05, 0.1) is 23.7 Å². The molecule has 29 heavy (non-hydrogen) atoms. The number of sulfone groups is 1. The topological polar surface area (TPSA) is 90.3 Å². The minimum absolute atomic E-state index is 0.0812. The number of benzene rings is 1. The average molecular weight is 420 g/mol. The number of hydrogen-bond donors (Lipinski definition) is 1. The Bertz CT molecular complexity index is 980. The minimum Gasteiger partial charge on any atom is -0.491 e. The highest BCUT2D eigenvalue weighted by Gasteiger charge is 2.32. The Hall–Kier alpha value is -2.35. The number of aromatic nitrogens is 2. The van der Waals surface area contributed by atoms with Crippen LogP contribution in [0, 0.1) is 0 Å². The van der Waals surface area contributed by atoms with Crippen molar-refractivity contribution in [3.8, 4) is 5.75 Å². The zero-order chi connectivity index (χ0) is 21.2. The molecule has 1 fully saturated rings. The van der Waals surface area contributed by atoms with Gasteiger partial charge in [0.25, 0.3) is 5.91 Å². The van der Waals surface area contributed by atoms with Crippen LogP contribution in [0.5, 0.6) is 5.75 Å². The summed E-state index contributed by atoms with van der Waals surface area (Å²) in [5.41, 5.74) is 2.12. The van der Waals surface area contributed by atoms with E-state index in [9.17, 15) is 13.2 Å². The monoisotopic (exact) mass is 419 g/mol. The number of carbonyl (C=O) groups excluding carboxylic acids is 1. The molecule has 1 aromatic carbocycles. The van der Waals surface area contributed by atoms with Crippen LogP contribution in [-0.2, 0) is 16.4 Å². The van der Waals surface area contributed by atoms with E-state index in [1.54, 1.807) is 10.7 Å². The number of hydrogen-bond acceptors (Lipinski definition) is 5. The van der Waals surface area contributed by atoms with Crippen LogP contribution in [0.25, 0.3) is 0 Å². The number of rotatable bonds is 7. The predicted octanol–water partition coefficient (Wildman–Crippen LogP) is 3.08. The Labute approximate surface area is 172 Å². The molecule has 1 atom stereocenters. The summed E-state index contributed by atoms with van der Waals surface area (Å²) < 4.78 is 31.1. The Morgan fingerprint density at radius 3 is 2.66 bits per heavy atom. The molecule has 1 saturated heterocycles. The molecule has 158 valence electrons. The maximum absolute atomic E-state index is 12.7. The summed E-state index contributed by atoms with van der Waals surface area (Å²) >= 11 is 0. The van der Waals surface area contributed by atoms with Crippen molar-refractivity contribution < 1.29 is 17.9 Å². The molecule has 0 spiro atoms. The molecule has 1 N–H and O–H groups in total. The summed E-state index contributed by atoms with van der Waals surface area (Å²) in [6.45, 7) is 8.31. The van der Waals surface area contributed by atoms with Crippen molar-refractivity contribution in [2.75, 3.05) is 11.5 Å². The van der Waals surface area contributed by atoms with Crippen LogP contribution in [-0.4, -0.2) is 41.7 Å².